The standard InChI is InChI=1S/C25H18ClN3O5S/c1-33-19-12-6-4-10-17(19)28-23(30)24(31)29-27-14-15-8-2-5-11-18(15)34-25(32)22-21(26)16-9-3-7-13-20(16)35-22/h2-14H,1H3,(H,28,30)(H,29,31). The molecule has 4 aromatic rings. The van der Waals surface area contributed by atoms with Crippen LogP contribution in [0.3, 0.4) is 0 Å². The van der Waals surface area contributed by atoms with Crippen molar-refractivity contribution in [1.82, 2.24) is 5.43 Å². The number of thiophene rings is 1. The maximum atomic E-state index is 12.8. The lowest BCUT2D eigenvalue weighted by atomic mass is 10.2. The third kappa shape index (κ3) is 5.48. The number of nitrogens with one attached hydrogen (secondary N) is 2. The predicted molar refractivity (Wildman–Crippen MR) is 136 cm³/mol. The zero-order chi connectivity index (χ0) is 24.8. The highest BCUT2D eigenvalue weighted by molar-refractivity contribution is 7.21. The second-order valence-corrected chi connectivity index (χ2v) is 8.45. The molecular weight excluding hydrogens is 490 g/mol. The molecule has 0 radical (unpaired) electrons. The maximum absolute atomic E-state index is 12.8. The van der Waals surface area contributed by atoms with E-state index in [1.54, 1.807) is 48.5 Å². The van der Waals surface area contributed by atoms with E-state index in [4.69, 9.17) is 21.1 Å². The summed E-state index contributed by atoms with van der Waals surface area (Å²) in [5, 5.41) is 7.36. The van der Waals surface area contributed by atoms with Gasteiger partial charge in [-0.05, 0) is 30.3 Å². The van der Waals surface area contributed by atoms with Crippen LogP contribution in [0.25, 0.3) is 10.1 Å². The molecule has 0 unspecified atom stereocenters. The highest BCUT2D eigenvalue weighted by Crippen LogP contribution is 2.36. The number of carbonyl (C=O) groups is 3. The van der Waals surface area contributed by atoms with E-state index < -0.39 is 17.8 Å². The average molecular weight is 508 g/mol. The van der Waals surface area contributed by atoms with Crippen LogP contribution in [0.4, 0.5) is 5.69 Å². The number of ether oxygens (including phenoxy) is 2. The van der Waals surface area contributed by atoms with Gasteiger partial charge < -0.3 is 14.8 Å². The lowest BCUT2D eigenvalue weighted by Gasteiger charge is -2.09. The summed E-state index contributed by atoms with van der Waals surface area (Å²) < 4.78 is 11.6. The molecule has 3 aromatic carbocycles. The number of carbonyl (C=O) groups excluding carboxylic acids is 3. The SMILES string of the molecule is COc1ccccc1NC(=O)C(=O)NN=Cc1ccccc1OC(=O)c1sc2ccccc2c1Cl. The molecule has 0 aliphatic rings. The van der Waals surface area contributed by atoms with Crippen LogP contribution < -0.4 is 20.2 Å². The van der Waals surface area contributed by atoms with Crippen molar-refractivity contribution in [2.75, 3.05) is 12.4 Å². The number of anilines is 1. The minimum Gasteiger partial charge on any atom is -0.495 e. The molecule has 0 bridgehead atoms. The molecule has 0 atom stereocenters. The van der Waals surface area contributed by atoms with Gasteiger partial charge in [0.15, 0.2) is 0 Å². The van der Waals surface area contributed by atoms with Crippen LogP contribution in [0.5, 0.6) is 11.5 Å². The lowest BCUT2D eigenvalue weighted by Crippen LogP contribution is -2.32. The van der Waals surface area contributed by atoms with Crippen LogP contribution >= 0.6 is 22.9 Å². The summed E-state index contributed by atoms with van der Waals surface area (Å²) >= 11 is 7.61. The van der Waals surface area contributed by atoms with E-state index in [0.29, 0.717) is 22.0 Å². The quantitative estimate of drug-likeness (QED) is 0.127. The number of hydrogen-bond donors (Lipinski definition) is 2. The van der Waals surface area contributed by atoms with Gasteiger partial charge in [-0.25, -0.2) is 10.2 Å². The number of esters is 1. The molecule has 2 N–H and O–H groups in total. The molecule has 4 rings (SSSR count). The molecule has 10 heteroatoms. The molecule has 0 spiro atoms. The fourth-order valence-corrected chi connectivity index (χ4v) is 4.49. The summed E-state index contributed by atoms with van der Waals surface area (Å²) in [6.07, 6.45) is 1.27. The second-order valence-electron chi connectivity index (χ2n) is 7.02. The third-order valence-corrected chi connectivity index (χ3v) is 6.43. The first-order valence-corrected chi connectivity index (χ1v) is 11.4. The van der Waals surface area contributed by atoms with Crippen molar-refractivity contribution in [2.45, 2.75) is 0 Å². The largest absolute Gasteiger partial charge is 0.495 e. The topological polar surface area (TPSA) is 106 Å². The Labute approximate surface area is 209 Å². The fraction of sp³-hybridized carbons (Fsp3) is 0.0400. The summed E-state index contributed by atoms with van der Waals surface area (Å²) in [5.41, 5.74) is 2.90. The van der Waals surface area contributed by atoms with Gasteiger partial charge in [-0.2, -0.15) is 5.10 Å². The zero-order valence-corrected chi connectivity index (χ0v) is 19.9. The second kappa shape index (κ2) is 10.8. The summed E-state index contributed by atoms with van der Waals surface area (Å²) in [6.45, 7) is 0. The number of methoxy groups -OCH3 is 1. The predicted octanol–water partition coefficient (Wildman–Crippen LogP) is 4.87. The van der Waals surface area contributed by atoms with Crippen molar-refractivity contribution in [2.24, 2.45) is 5.10 Å². The van der Waals surface area contributed by atoms with Crippen molar-refractivity contribution in [3.63, 3.8) is 0 Å². The van der Waals surface area contributed by atoms with Gasteiger partial charge in [0.1, 0.15) is 16.4 Å². The van der Waals surface area contributed by atoms with Crippen LogP contribution in [-0.2, 0) is 9.59 Å². The van der Waals surface area contributed by atoms with Crippen LogP contribution in [0, 0.1) is 0 Å². The van der Waals surface area contributed by atoms with Gasteiger partial charge in [0.2, 0.25) is 0 Å². The van der Waals surface area contributed by atoms with Gasteiger partial charge in [0.25, 0.3) is 0 Å². The molecule has 0 fully saturated rings. The number of amides is 2. The Morgan fingerprint density at radius 1 is 0.914 bits per heavy atom. The zero-order valence-electron chi connectivity index (χ0n) is 18.3. The van der Waals surface area contributed by atoms with E-state index in [2.05, 4.69) is 15.8 Å². The molecule has 1 aromatic heterocycles. The van der Waals surface area contributed by atoms with Gasteiger partial charge in [-0.3, -0.25) is 9.59 Å². The molecule has 176 valence electrons. The third-order valence-electron chi connectivity index (χ3n) is 4.77. The number of hydrogen-bond acceptors (Lipinski definition) is 7. The first-order chi connectivity index (χ1) is 17.0. The van der Waals surface area contributed by atoms with E-state index in [1.807, 2.05) is 24.3 Å². The molecule has 8 nitrogen and oxygen atoms in total. The van der Waals surface area contributed by atoms with E-state index in [1.165, 1.54) is 24.7 Å². The normalized spacial score (nSPS) is 10.8. The molecule has 2 amide bonds. The number of rotatable bonds is 6. The summed E-state index contributed by atoms with van der Waals surface area (Å²) in [5.74, 6) is -1.91. The van der Waals surface area contributed by atoms with Crippen molar-refractivity contribution >= 4 is 62.7 Å². The van der Waals surface area contributed by atoms with Crippen LogP contribution in [0.2, 0.25) is 5.02 Å². The number of fused-ring (bicyclic) bond motifs is 1. The monoisotopic (exact) mass is 507 g/mol. The Balaban J connectivity index is 1.43. The van der Waals surface area contributed by atoms with Crippen LogP contribution in [0.1, 0.15) is 15.2 Å². The van der Waals surface area contributed by atoms with E-state index in [9.17, 15) is 14.4 Å². The number of para-hydroxylation sites is 3. The van der Waals surface area contributed by atoms with Crippen molar-refractivity contribution in [1.29, 1.82) is 0 Å². The van der Waals surface area contributed by atoms with Gasteiger partial charge in [0, 0.05) is 15.6 Å². The molecule has 0 saturated heterocycles. The summed E-state index contributed by atoms with van der Waals surface area (Å²) in [6, 6.07) is 20.7. The molecule has 0 saturated carbocycles. The minimum absolute atomic E-state index is 0.211. The fourth-order valence-electron chi connectivity index (χ4n) is 3.11. The lowest BCUT2D eigenvalue weighted by molar-refractivity contribution is -0.136. The highest BCUT2D eigenvalue weighted by atomic mass is 35.5. The van der Waals surface area contributed by atoms with E-state index in [-0.39, 0.29) is 10.6 Å². The Bertz CT molecular complexity index is 1450. The average Bonchev–Trinajstić information content (AvgIpc) is 3.22. The van der Waals surface area contributed by atoms with E-state index in [0.717, 1.165) is 10.1 Å². The van der Waals surface area contributed by atoms with Gasteiger partial charge in [-0.15, -0.1) is 11.3 Å². The molecule has 0 aliphatic heterocycles. The van der Waals surface area contributed by atoms with Gasteiger partial charge in [-0.1, -0.05) is 54.1 Å². The Morgan fingerprint density at radius 2 is 1.60 bits per heavy atom. The highest BCUT2D eigenvalue weighted by Gasteiger charge is 2.20. The van der Waals surface area contributed by atoms with Gasteiger partial charge in [0.05, 0.1) is 24.0 Å². The molecular formula is C25H18ClN3O5S. The van der Waals surface area contributed by atoms with Crippen molar-refractivity contribution < 1.29 is 23.9 Å². The van der Waals surface area contributed by atoms with Crippen LogP contribution in [-0.4, -0.2) is 31.1 Å². The molecule has 35 heavy (non-hydrogen) atoms. The Kier molecular flexibility index (Phi) is 7.39. The minimum atomic E-state index is -0.987. The Hall–Kier alpha value is -4.21. The summed E-state index contributed by atoms with van der Waals surface area (Å²) in [4.78, 5) is 37.4. The number of hydrazone groups is 1. The summed E-state index contributed by atoms with van der Waals surface area (Å²) in [7, 11) is 1.45. The van der Waals surface area contributed by atoms with Gasteiger partial charge >= 0.3 is 17.8 Å². The van der Waals surface area contributed by atoms with Crippen molar-refractivity contribution in [3.05, 3.63) is 88.3 Å². The molecule has 1 heterocycles. The van der Waals surface area contributed by atoms with Crippen LogP contribution in [0.15, 0.2) is 77.9 Å². The smallest absolute Gasteiger partial charge is 0.355 e. The molecule has 0 aliphatic carbocycles. The maximum Gasteiger partial charge on any atom is 0.355 e. The van der Waals surface area contributed by atoms with E-state index >= 15 is 0 Å². The first-order valence-electron chi connectivity index (χ1n) is 10.2. The van der Waals surface area contributed by atoms with Crippen molar-refractivity contribution in [3.8, 4) is 11.5 Å². The first kappa shape index (κ1) is 23.9. The number of benzene rings is 3. The number of nitrogens with zero attached hydrogens (tertiary/aromatic N) is 1. The number of halogens is 1. The Morgan fingerprint density at radius 3 is 2.37 bits per heavy atom.